The molecule has 0 aliphatic carbocycles. The van der Waals surface area contributed by atoms with Crippen LogP contribution in [0.2, 0.25) is 0 Å². The second-order valence-electron chi connectivity index (χ2n) is 0.750. The zero-order valence-corrected chi connectivity index (χ0v) is 3.59. The Morgan fingerprint density at radius 1 is 1.83 bits per heavy atom. The highest BCUT2D eigenvalue weighted by Crippen LogP contribution is 1.57. The van der Waals surface area contributed by atoms with E-state index in [1.165, 1.54) is 6.20 Å². The van der Waals surface area contributed by atoms with Crippen LogP contribution in [0.3, 0.4) is 0 Å². The van der Waals surface area contributed by atoms with Gasteiger partial charge in [0, 0.05) is 19.0 Å². The van der Waals surface area contributed by atoms with Crippen molar-refractivity contribution in [3.05, 3.63) is 12.8 Å². The van der Waals surface area contributed by atoms with Crippen LogP contribution in [-0.2, 0) is 0 Å². The van der Waals surface area contributed by atoms with Crippen LogP contribution < -0.4 is 5.73 Å². The quantitative estimate of drug-likeness (QED) is 0.475. The summed E-state index contributed by atoms with van der Waals surface area (Å²) in [4.78, 5) is 3.60. The molecule has 0 radical (unpaired) electrons. The van der Waals surface area contributed by atoms with Crippen molar-refractivity contribution in [2.45, 2.75) is 0 Å². The van der Waals surface area contributed by atoms with Crippen molar-refractivity contribution in [1.29, 1.82) is 0 Å². The number of nitrogens with two attached hydrogens (primary N) is 1. The minimum absolute atomic E-state index is 0.492. The lowest BCUT2D eigenvalue weighted by molar-refractivity contribution is 1.33. The Hall–Kier alpha value is -0.630. The Kier molecular flexibility index (Phi) is 3.91. The van der Waals surface area contributed by atoms with E-state index in [0.29, 0.717) is 6.54 Å². The molecule has 0 aliphatic rings. The molecule has 2 nitrogen and oxygen atoms in total. The number of nitrogens with zero attached hydrogens (tertiary/aromatic N) is 1. The lowest BCUT2D eigenvalue weighted by atomic mass is 10.7. The third-order valence-electron chi connectivity index (χ3n) is 0.316. The summed E-state index contributed by atoms with van der Waals surface area (Å²) >= 11 is 0. The van der Waals surface area contributed by atoms with E-state index in [1.54, 1.807) is 6.21 Å². The SMILES string of the molecule is C=C/N=C\CN. The maximum atomic E-state index is 5.02. The fourth-order valence-corrected chi connectivity index (χ4v) is 0.135. The average Bonchev–Trinajstić information content (AvgIpc) is 1.61. The van der Waals surface area contributed by atoms with Gasteiger partial charge in [-0.15, -0.1) is 0 Å². The molecule has 0 aromatic rings. The van der Waals surface area contributed by atoms with Gasteiger partial charge in [0.05, 0.1) is 0 Å². The molecule has 0 bridgehead atoms. The molecule has 2 heteroatoms. The van der Waals surface area contributed by atoms with Gasteiger partial charge in [0.25, 0.3) is 0 Å². The molecule has 6 heavy (non-hydrogen) atoms. The molecule has 0 saturated heterocycles. The minimum atomic E-state index is 0.492. The van der Waals surface area contributed by atoms with Gasteiger partial charge in [-0.1, -0.05) is 6.58 Å². The fourth-order valence-electron chi connectivity index (χ4n) is 0.135. The minimum Gasteiger partial charge on any atom is -0.326 e. The van der Waals surface area contributed by atoms with Gasteiger partial charge >= 0.3 is 0 Å². The third kappa shape index (κ3) is 3.37. The molecule has 0 aromatic heterocycles. The highest BCUT2D eigenvalue weighted by atomic mass is 14.7. The Balaban J connectivity index is 2.94. The van der Waals surface area contributed by atoms with Crippen LogP contribution in [0.1, 0.15) is 0 Å². The molecule has 0 aromatic carbocycles. The lowest BCUT2D eigenvalue weighted by Crippen LogP contribution is -1.97. The summed E-state index contributed by atoms with van der Waals surface area (Å²) < 4.78 is 0. The summed E-state index contributed by atoms with van der Waals surface area (Å²) in [6.07, 6.45) is 3.04. The van der Waals surface area contributed by atoms with Crippen LogP contribution >= 0.6 is 0 Å². The average molecular weight is 84.1 g/mol. The van der Waals surface area contributed by atoms with E-state index in [4.69, 9.17) is 5.73 Å². The van der Waals surface area contributed by atoms with Crippen LogP contribution in [0, 0.1) is 0 Å². The maximum Gasteiger partial charge on any atom is 0.0283 e. The van der Waals surface area contributed by atoms with Gasteiger partial charge in [0.1, 0.15) is 0 Å². The summed E-state index contributed by atoms with van der Waals surface area (Å²) in [6.45, 7) is 3.84. The summed E-state index contributed by atoms with van der Waals surface area (Å²) in [5.41, 5.74) is 5.02. The largest absolute Gasteiger partial charge is 0.326 e. The van der Waals surface area contributed by atoms with Gasteiger partial charge in [-0.05, 0) is 0 Å². The van der Waals surface area contributed by atoms with E-state index in [-0.39, 0.29) is 0 Å². The second-order valence-corrected chi connectivity index (χ2v) is 0.750. The summed E-state index contributed by atoms with van der Waals surface area (Å²) in [7, 11) is 0. The lowest BCUT2D eigenvalue weighted by Gasteiger charge is -1.69. The van der Waals surface area contributed by atoms with Crippen molar-refractivity contribution in [2.24, 2.45) is 10.7 Å². The molecule has 0 rings (SSSR count). The van der Waals surface area contributed by atoms with Crippen molar-refractivity contribution >= 4 is 6.21 Å². The number of hydrogen-bond donors (Lipinski definition) is 1. The molecule has 0 saturated carbocycles. The normalized spacial score (nSPS) is 9.50. The first-order valence-electron chi connectivity index (χ1n) is 1.74. The molecule has 0 spiro atoms. The van der Waals surface area contributed by atoms with Crippen LogP contribution in [-0.4, -0.2) is 12.8 Å². The van der Waals surface area contributed by atoms with Gasteiger partial charge in [0.15, 0.2) is 0 Å². The summed E-state index contributed by atoms with van der Waals surface area (Å²) in [5, 5.41) is 0. The van der Waals surface area contributed by atoms with Gasteiger partial charge in [0.2, 0.25) is 0 Å². The van der Waals surface area contributed by atoms with Crippen LogP contribution in [0.5, 0.6) is 0 Å². The second kappa shape index (κ2) is 4.37. The number of rotatable bonds is 2. The first-order chi connectivity index (χ1) is 2.91. The van der Waals surface area contributed by atoms with Gasteiger partial charge < -0.3 is 5.73 Å². The summed E-state index contributed by atoms with van der Waals surface area (Å²) in [5.74, 6) is 0. The van der Waals surface area contributed by atoms with Crippen LogP contribution in [0.4, 0.5) is 0 Å². The van der Waals surface area contributed by atoms with Crippen molar-refractivity contribution in [3.8, 4) is 0 Å². The Bertz CT molecular complexity index is 56.6. The molecule has 0 heterocycles. The first kappa shape index (κ1) is 5.37. The zero-order valence-electron chi connectivity index (χ0n) is 3.59. The predicted molar refractivity (Wildman–Crippen MR) is 27.7 cm³/mol. The van der Waals surface area contributed by atoms with Gasteiger partial charge in [-0.25, -0.2) is 0 Å². The van der Waals surface area contributed by atoms with Gasteiger partial charge in [-0.3, -0.25) is 4.99 Å². The van der Waals surface area contributed by atoms with Gasteiger partial charge in [-0.2, -0.15) is 0 Å². The Morgan fingerprint density at radius 2 is 2.50 bits per heavy atom. The standard InChI is InChI=1S/C4H8N2/c1-2-6-4-3-5/h2,4H,1,3,5H2/b6-4-. The van der Waals surface area contributed by atoms with Crippen molar-refractivity contribution in [3.63, 3.8) is 0 Å². The molecule has 0 unspecified atom stereocenters. The summed E-state index contributed by atoms with van der Waals surface area (Å²) in [6, 6.07) is 0. The molecule has 0 atom stereocenters. The van der Waals surface area contributed by atoms with Crippen molar-refractivity contribution in [1.82, 2.24) is 0 Å². The Labute approximate surface area is 37.4 Å². The van der Waals surface area contributed by atoms with Crippen LogP contribution in [0.15, 0.2) is 17.8 Å². The fraction of sp³-hybridized carbons (Fsp3) is 0.250. The zero-order chi connectivity index (χ0) is 4.83. The Morgan fingerprint density at radius 3 is 2.67 bits per heavy atom. The molecular weight excluding hydrogens is 76.1 g/mol. The molecule has 0 fully saturated rings. The molecular formula is C4H8N2. The predicted octanol–water partition coefficient (Wildman–Crippen LogP) is 0.159. The molecule has 34 valence electrons. The van der Waals surface area contributed by atoms with E-state index in [1.807, 2.05) is 0 Å². The first-order valence-corrected chi connectivity index (χ1v) is 1.74. The number of aliphatic imine (C=N–C) groups is 1. The smallest absolute Gasteiger partial charge is 0.0283 e. The third-order valence-corrected chi connectivity index (χ3v) is 0.316. The van der Waals surface area contributed by atoms with Crippen LogP contribution in [0.25, 0.3) is 0 Å². The van der Waals surface area contributed by atoms with E-state index < -0.39 is 0 Å². The highest BCUT2D eigenvalue weighted by Gasteiger charge is 1.55. The highest BCUT2D eigenvalue weighted by molar-refractivity contribution is 5.59. The monoisotopic (exact) mass is 84.1 g/mol. The van der Waals surface area contributed by atoms with Crippen molar-refractivity contribution < 1.29 is 0 Å². The van der Waals surface area contributed by atoms with Crippen molar-refractivity contribution in [2.75, 3.05) is 6.54 Å². The molecule has 0 aliphatic heterocycles. The number of hydrogen-bond acceptors (Lipinski definition) is 2. The van der Waals surface area contributed by atoms with E-state index >= 15 is 0 Å². The topological polar surface area (TPSA) is 38.4 Å². The maximum absolute atomic E-state index is 5.02. The van der Waals surface area contributed by atoms with E-state index in [0.717, 1.165) is 0 Å². The van der Waals surface area contributed by atoms with E-state index in [9.17, 15) is 0 Å². The van der Waals surface area contributed by atoms with E-state index in [2.05, 4.69) is 11.6 Å². The molecule has 0 amide bonds. The molecule has 2 N–H and O–H groups in total.